The fourth-order valence-corrected chi connectivity index (χ4v) is 2.79. The Morgan fingerprint density at radius 2 is 2.20 bits per heavy atom. The molecule has 0 aromatic carbocycles. The highest BCUT2D eigenvalue weighted by atomic mass is 32.2. The highest BCUT2D eigenvalue weighted by Crippen LogP contribution is 2.18. The SMILES string of the molecule is CCCCCNCCSc1nc(C)ns1. The minimum absolute atomic E-state index is 0.887. The van der Waals surface area contributed by atoms with Crippen LogP contribution in [-0.4, -0.2) is 28.2 Å². The largest absolute Gasteiger partial charge is 0.316 e. The molecule has 0 atom stereocenters. The average Bonchev–Trinajstić information content (AvgIpc) is 2.63. The summed E-state index contributed by atoms with van der Waals surface area (Å²) in [6.45, 7) is 6.37. The number of nitrogens with one attached hydrogen (secondary N) is 1. The smallest absolute Gasteiger partial charge is 0.170 e. The van der Waals surface area contributed by atoms with Gasteiger partial charge in [-0.3, -0.25) is 0 Å². The van der Waals surface area contributed by atoms with Crippen molar-refractivity contribution in [2.45, 2.75) is 37.4 Å². The van der Waals surface area contributed by atoms with Crippen molar-refractivity contribution < 1.29 is 0 Å². The van der Waals surface area contributed by atoms with E-state index >= 15 is 0 Å². The third kappa shape index (κ3) is 6.12. The second kappa shape index (κ2) is 8.07. The predicted molar refractivity (Wildman–Crippen MR) is 67.8 cm³/mol. The van der Waals surface area contributed by atoms with Gasteiger partial charge in [-0.1, -0.05) is 31.5 Å². The van der Waals surface area contributed by atoms with Crippen LogP contribution >= 0.6 is 23.3 Å². The molecule has 0 aliphatic heterocycles. The molecule has 1 rings (SSSR count). The first kappa shape index (κ1) is 12.9. The van der Waals surface area contributed by atoms with E-state index in [4.69, 9.17) is 0 Å². The molecule has 0 saturated heterocycles. The molecule has 3 nitrogen and oxygen atoms in total. The Morgan fingerprint density at radius 3 is 2.87 bits per heavy atom. The fraction of sp³-hybridized carbons (Fsp3) is 0.800. The summed E-state index contributed by atoms with van der Waals surface area (Å²) in [6.07, 6.45) is 3.91. The van der Waals surface area contributed by atoms with Gasteiger partial charge in [0, 0.05) is 12.3 Å². The normalized spacial score (nSPS) is 10.8. The van der Waals surface area contributed by atoms with Crippen molar-refractivity contribution in [3.8, 4) is 0 Å². The molecule has 0 bridgehead atoms. The molecule has 1 aromatic rings. The predicted octanol–water partition coefficient (Wildman–Crippen LogP) is 2.72. The monoisotopic (exact) mass is 245 g/mol. The maximum absolute atomic E-state index is 4.30. The lowest BCUT2D eigenvalue weighted by Crippen LogP contribution is -2.18. The Bertz CT molecular complexity index is 263. The topological polar surface area (TPSA) is 37.8 Å². The minimum Gasteiger partial charge on any atom is -0.316 e. The highest BCUT2D eigenvalue weighted by Gasteiger charge is 1.99. The van der Waals surface area contributed by atoms with Crippen molar-refractivity contribution in [2.24, 2.45) is 0 Å². The molecule has 0 radical (unpaired) electrons. The van der Waals surface area contributed by atoms with E-state index in [0.717, 1.165) is 29.0 Å². The molecule has 0 unspecified atom stereocenters. The van der Waals surface area contributed by atoms with Crippen LogP contribution in [0.15, 0.2) is 4.34 Å². The number of rotatable bonds is 8. The Kier molecular flexibility index (Phi) is 6.96. The molecule has 0 aliphatic carbocycles. The second-order valence-corrected chi connectivity index (χ2v) is 5.51. The Morgan fingerprint density at radius 1 is 1.33 bits per heavy atom. The first-order valence-electron chi connectivity index (χ1n) is 5.46. The van der Waals surface area contributed by atoms with Gasteiger partial charge in [-0.2, -0.15) is 4.37 Å². The number of nitrogens with zero attached hydrogens (tertiary/aromatic N) is 2. The van der Waals surface area contributed by atoms with Gasteiger partial charge in [0.15, 0.2) is 4.34 Å². The number of unbranched alkanes of at least 4 members (excludes halogenated alkanes) is 2. The quantitative estimate of drug-likeness (QED) is 0.564. The maximum Gasteiger partial charge on any atom is 0.170 e. The zero-order valence-corrected chi connectivity index (χ0v) is 11.1. The van der Waals surface area contributed by atoms with Crippen molar-refractivity contribution in [1.82, 2.24) is 14.7 Å². The Labute approximate surface area is 100 Å². The van der Waals surface area contributed by atoms with E-state index in [0.29, 0.717) is 0 Å². The van der Waals surface area contributed by atoms with Crippen LogP contribution in [0.1, 0.15) is 32.0 Å². The molecule has 15 heavy (non-hydrogen) atoms. The average molecular weight is 245 g/mol. The molecule has 0 fully saturated rings. The third-order valence-corrected chi connectivity index (χ3v) is 3.90. The molecule has 0 spiro atoms. The zero-order chi connectivity index (χ0) is 10.9. The van der Waals surface area contributed by atoms with E-state index in [1.54, 1.807) is 11.8 Å². The van der Waals surface area contributed by atoms with Crippen LogP contribution in [0.3, 0.4) is 0 Å². The van der Waals surface area contributed by atoms with Crippen molar-refractivity contribution in [3.63, 3.8) is 0 Å². The molecule has 0 amide bonds. The number of hydrogen-bond acceptors (Lipinski definition) is 5. The van der Waals surface area contributed by atoms with Gasteiger partial charge in [0.2, 0.25) is 0 Å². The molecule has 86 valence electrons. The van der Waals surface area contributed by atoms with Gasteiger partial charge in [-0.15, -0.1) is 0 Å². The van der Waals surface area contributed by atoms with E-state index in [2.05, 4.69) is 21.6 Å². The van der Waals surface area contributed by atoms with Crippen LogP contribution in [-0.2, 0) is 0 Å². The van der Waals surface area contributed by atoms with Crippen molar-refractivity contribution >= 4 is 23.3 Å². The van der Waals surface area contributed by atoms with Crippen LogP contribution in [0.5, 0.6) is 0 Å². The van der Waals surface area contributed by atoms with Gasteiger partial charge >= 0.3 is 0 Å². The molecule has 0 saturated carbocycles. The summed E-state index contributed by atoms with van der Waals surface area (Å²) in [5, 5.41) is 3.43. The van der Waals surface area contributed by atoms with Gasteiger partial charge in [-0.05, 0) is 31.4 Å². The van der Waals surface area contributed by atoms with Gasteiger partial charge in [0.05, 0.1) is 0 Å². The highest BCUT2D eigenvalue weighted by molar-refractivity contribution is 8.00. The molecular formula is C10H19N3S2. The molecule has 0 aliphatic rings. The Balaban J connectivity index is 1.93. The summed E-state index contributed by atoms with van der Waals surface area (Å²) >= 11 is 3.28. The van der Waals surface area contributed by atoms with Gasteiger partial charge < -0.3 is 5.32 Å². The van der Waals surface area contributed by atoms with E-state index in [-0.39, 0.29) is 0 Å². The molecular weight excluding hydrogens is 226 g/mol. The summed E-state index contributed by atoms with van der Waals surface area (Å²) in [7, 11) is 0. The summed E-state index contributed by atoms with van der Waals surface area (Å²) in [5.74, 6) is 1.97. The number of hydrogen-bond donors (Lipinski definition) is 1. The van der Waals surface area contributed by atoms with Crippen LogP contribution in [0.25, 0.3) is 0 Å². The van der Waals surface area contributed by atoms with Crippen LogP contribution in [0.4, 0.5) is 0 Å². The number of thioether (sulfide) groups is 1. The Hall–Kier alpha value is -0.130. The van der Waals surface area contributed by atoms with Gasteiger partial charge in [-0.25, -0.2) is 4.98 Å². The number of aryl methyl sites for hydroxylation is 1. The van der Waals surface area contributed by atoms with E-state index < -0.39 is 0 Å². The summed E-state index contributed by atoms with van der Waals surface area (Å²) in [6, 6.07) is 0. The lowest BCUT2D eigenvalue weighted by atomic mass is 10.2. The van der Waals surface area contributed by atoms with Crippen LogP contribution in [0.2, 0.25) is 0 Å². The molecule has 5 heteroatoms. The van der Waals surface area contributed by atoms with E-state index in [1.165, 1.54) is 30.8 Å². The lowest BCUT2D eigenvalue weighted by Gasteiger charge is -2.02. The lowest BCUT2D eigenvalue weighted by molar-refractivity contribution is 0.636. The van der Waals surface area contributed by atoms with Crippen LogP contribution < -0.4 is 5.32 Å². The summed E-state index contributed by atoms with van der Waals surface area (Å²) in [5.41, 5.74) is 0. The van der Waals surface area contributed by atoms with E-state index in [1.807, 2.05) is 6.92 Å². The summed E-state index contributed by atoms with van der Waals surface area (Å²) < 4.78 is 5.23. The van der Waals surface area contributed by atoms with E-state index in [9.17, 15) is 0 Å². The first-order chi connectivity index (χ1) is 7.33. The van der Waals surface area contributed by atoms with Crippen molar-refractivity contribution in [2.75, 3.05) is 18.8 Å². The zero-order valence-electron chi connectivity index (χ0n) is 9.45. The van der Waals surface area contributed by atoms with Crippen molar-refractivity contribution in [3.05, 3.63) is 5.82 Å². The molecule has 1 N–H and O–H groups in total. The van der Waals surface area contributed by atoms with Gasteiger partial charge in [0.1, 0.15) is 5.82 Å². The first-order valence-corrected chi connectivity index (χ1v) is 7.22. The van der Waals surface area contributed by atoms with Crippen molar-refractivity contribution in [1.29, 1.82) is 0 Å². The maximum atomic E-state index is 4.30. The second-order valence-electron chi connectivity index (χ2n) is 3.41. The number of aromatic nitrogens is 2. The third-order valence-electron chi connectivity index (χ3n) is 1.97. The molecule has 1 aromatic heterocycles. The minimum atomic E-state index is 0.887. The molecule has 1 heterocycles. The van der Waals surface area contributed by atoms with Crippen LogP contribution in [0, 0.1) is 6.92 Å². The fourth-order valence-electron chi connectivity index (χ4n) is 1.17. The van der Waals surface area contributed by atoms with Gasteiger partial charge in [0.25, 0.3) is 0 Å². The summed E-state index contributed by atoms with van der Waals surface area (Å²) in [4.78, 5) is 4.30. The standard InChI is InChI=1S/C10H19N3S2/c1-3-4-5-6-11-7-8-14-10-12-9(2)13-15-10/h11H,3-8H2,1-2H3.